The van der Waals surface area contributed by atoms with E-state index in [2.05, 4.69) is 15.9 Å². The number of halogens is 2. The summed E-state index contributed by atoms with van der Waals surface area (Å²) in [7, 11) is 1.61. The van der Waals surface area contributed by atoms with Crippen LogP contribution in [0, 0.1) is 0 Å². The van der Waals surface area contributed by atoms with E-state index in [1.165, 1.54) is 0 Å². The molecular formula is C13H16BrClO4. The van der Waals surface area contributed by atoms with Gasteiger partial charge in [-0.05, 0) is 18.9 Å². The zero-order valence-electron chi connectivity index (χ0n) is 10.6. The van der Waals surface area contributed by atoms with Gasteiger partial charge in [0.25, 0.3) is 0 Å². The Hall–Kier alpha value is -0.780. The van der Waals surface area contributed by atoms with Crippen molar-refractivity contribution in [3.63, 3.8) is 0 Å². The lowest BCUT2D eigenvalue weighted by molar-refractivity contribution is -0.137. The van der Waals surface area contributed by atoms with E-state index < -0.39 is 9.75 Å². The Morgan fingerprint density at radius 1 is 1.47 bits per heavy atom. The predicted octanol–water partition coefficient (Wildman–Crippen LogP) is 3.41. The number of rotatable bonds is 8. The standard InChI is InChI=1S/C13H16BrClO4/c1-18-11-6-3-2-5-10(11)9-19-8-4-7-13(14,15)12(16)17/h2-3,5-6H,4,7-9H2,1H3,(H,16,17). The summed E-state index contributed by atoms with van der Waals surface area (Å²) >= 11 is 8.71. The first kappa shape index (κ1) is 16.3. The number of para-hydroxylation sites is 1. The monoisotopic (exact) mass is 350 g/mol. The first-order valence-electron chi connectivity index (χ1n) is 5.78. The normalized spacial score (nSPS) is 13.8. The van der Waals surface area contributed by atoms with E-state index in [4.69, 9.17) is 26.2 Å². The fourth-order valence-corrected chi connectivity index (χ4v) is 1.92. The van der Waals surface area contributed by atoms with Crippen LogP contribution < -0.4 is 4.74 Å². The molecule has 0 heterocycles. The molecule has 0 aliphatic carbocycles. The smallest absolute Gasteiger partial charge is 0.335 e. The lowest BCUT2D eigenvalue weighted by Crippen LogP contribution is -2.25. The Labute approximate surface area is 125 Å². The molecule has 106 valence electrons. The first-order valence-corrected chi connectivity index (χ1v) is 6.95. The number of benzene rings is 1. The molecule has 6 heteroatoms. The minimum absolute atomic E-state index is 0.288. The van der Waals surface area contributed by atoms with Crippen molar-refractivity contribution < 1.29 is 19.4 Å². The van der Waals surface area contributed by atoms with E-state index in [1.54, 1.807) is 7.11 Å². The number of aliphatic carboxylic acids is 1. The lowest BCUT2D eigenvalue weighted by atomic mass is 10.2. The second-order valence-electron chi connectivity index (χ2n) is 3.98. The number of ether oxygens (including phenoxy) is 2. The highest BCUT2D eigenvalue weighted by Gasteiger charge is 2.31. The number of carbonyl (C=O) groups is 1. The van der Waals surface area contributed by atoms with Crippen LogP contribution in [0.15, 0.2) is 24.3 Å². The van der Waals surface area contributed by atoms with E-state index in [9.17, 15) is 4.79 Å². The van der Waals surface area contributed by atoms with Crippen molar-refractivity contribution in [2.24, 2.45) is 0 Å². The molecule has 1 rings (SSSR count). The Bertz CT molecular complexity index is 423. The van der Waals surface area contributed by atoms with Crippen molar-refractivity contribution in [3.8, 4) is 5.75 Å². The average Bonchev–Trinajstić information content (AvgIpc) is 2.38. The molecule has 0 aliphatic heterocycles. The zero-order valence-corrected chi connectivity index (χ0v) is 12.9. The molecule has 0 bridgehead atoms. The Balaban J connectivity index is 2.30. The predicted molar refractivity (Wildman–Crippen MR) is 77.0 cm³/mol. The number of hydrogen-bond donors (Lipinski definition) is 1. The maximum Gasteiger partial charge on any atom is 0.335 e. The molecule has 1 aromatic carbocycles. The summed E-state index contributed by atoms with van der Waals surface area (Å²) in [6.45, 7) is 0.861. The van der Waals surface area contributed by atoms with Gasteiger partial charge in [-0.2, -0.15) is 0 Å². The van der Waals surface area contributed by atoms with Crippen molar-refractivity contribution >= 4 is 33.5 Å². The summed E-state index contributed by atoms with van der Waals surface area (Å²) in [5.41, 5.74) is 0.958. The second-order valence-corrected chi connectivity index (χ2v) is 6.43. The highest BCUT2D eigenvalue weighted by molar-refractivity contribution is 9.10. The topological polar surface area (TPSA) is 55.8 Å². The van der Waals surface area contributed by atoms with Gasteiger partial charge in [0.15, 0.2) is 3.78 Å². The highest BCUT2D eigenvalue weighted by atomic mass is 79.9. The molecule has 0 aliphatic rings. The molecule has 0 radical (unpaired) electrons. The van der Waals surface area contributed by atoms with Crippen LogP contribution in [-0.2, 0) is 16.1 Å². The number of methoxy groups -OCH3 is 1. The molecule has 0 saturated heterocycles. The van der Waals surface area contributed by atoms with Gasteiger partial charge in [0.1, 0.15) is 5.75 Å². The Morgan fingerprint density at radius 3 is 2.79 bits per heavy atom. The average molecular weight is 352 g/mol. The molecule has 19 heavy (non-hydrogen) atoms. The van der Waals surface area contributed by atoms with Gasteiger partial charge in [-0.15, -0.1) is 0 Å². The van der Waals surface area contributed by atoms with Gasteiger partial charge in [0, 0.05) is 12.2 Å². The van der Waals surface area contributed by atoms with Gasteiger partial charge in [0.05, 0.1) is 13.7 Å². The Kier molecular flexibility index (Phi) is 6.62. The van der Waals surface area contributed by atoms with Crippen molar-refractivity contribution in [2.75, 3.05) is 13.7 Å². The summed E-state index contributed by atoms with van der Waals surface area (Å²) in [4.78, 5) is 10.8. The van der Waals surface area contributed by atoms with Gasteiger partial charge in [-0.1, -0.05) is 45.7 Å². The molecular weight excluding hydrogens is 335 g/mol. The molecule has 0 saturated carbocycles. The summed E-state index contributed by atoms with van der Waals surface area (Å²) in [6, 6.07) is 7.59. The number of carboxylic acids is 1. The Morgan fingerprint density at radius 2 is 2.16 bits per heavy atom. The molecule has 1 aromatic rings. The molecule has 1 N–H and O–H groups in total. The van der Waals surface area contributed by atoms with Gasteiger partial charge in [-0.3, -0.25) is 0 Å². The SMILES string of the molecule is COc1ccccc1COCCCC(Cl)(Br)C(=O)O. The van der Waals surface area contributed by atoms with E-state index >= 15 is 0 Å². The molecule has 0 fully saturated rings. The van der Waals surface area contributed by atoms with Gasteiger partial charge < -0.3 is 14.6 Å². The van der Waals surface area contributed by atoms with Crippen LogP contribution in [0.25, 0.3) is 0 Å². The highest BCUT2D eigenvalue weighted by Crippen LogP contribution is 2.29. The number of hydrogen-bond acceptors (Lipinski definition) is 3. The van der Waals surface area contributed by atoms with Gasteiger partial charge >= 0.3 is 5.97 Å². The van der Waals surface area contributed by atoms with Crippen molar-refractivity contribution in [2.45, 2.75) is 23.2 Å². The maximum atomic E-state index is 10.8. The van der Waals surface area contributed by atoms with E-state index in [0.717, 1.165) is 11.3 Å². The fraction of sp³-hybridized carbons (Fsp3) is 0.462. The van der Waals surface area contributed by atoms with Crippen LogP contribution in [-0.4, -0.2) is 28.6 Å². The van der Waals surface area contributed by atoms with E-state index in [-0.39, 0.29) is 6.42 Å². The third-order valence-corrected chi connectivity index (χ3v) is 3.63. The molecule has 0 spiro atoms. The van der Waals surface area contributed by atoms with Crippen molar-refractivity contribution in [1.29, 1.82) is 0 Å². The third kappa shape index (κ3) is 5.38. The van der Waals surface area contributed by atoms with Gasteiger partial charge in [0.2, 0.25) is 0 Å². The molecule has 0 amide bonds. The van der Waals surface area contributed by atoms with Gasteiger partial charge in [-0.25, -0.2) is 4.79 Å². The summed E-state index contributed by atoms with van der Waals surface area (Å²) in [5.74, 6) is -0.306. The van der Waals surface area contributed by atoms with Crippen LogP contribution >= 0.6 is 27.5 Å². The van der Waals surface area contributed by atoms with Crippen LogP contribution in [0.4, 0.5) is 0 Å². The van der Waals surface area contributed by atoms with E-state index in [1.807, 2.05) is 24.3 Å². The molecule has 1 atom stereocenters. The summed E-state index contributed by atoms with van der Waals surface area (Å²) in [5, 5.41) is 8.81. The number of carboxylic acid groups (broad SMARTS) is 1. The lowest BCUT2D eigenvalue weighted by Gasteiger charge is -2.14. The minimum atomic E-state index is -1.40. The minimum Gasteiger partial charge on any atom is -0.496 e. The summed E-state index contributed by atoms with van der Waals surface area (Å²) < 4.78 is 9.28. The molecule has 4 nitrogen and oxygen atoms in total. The van der Waals surface area contributed by atoms with Crippen LogP contribution in [0.2, 0.25) is 0 Å². The van der Waals surface area contributed by atoms with Crippen LogP contribution in [0.1, 0.15) is 18.4 Å². The van der Waals surface area contributed by atoms with E-state index in [0.29, 0.717) is 19.6 Å². The van der Waals surface area contributed by atoms with Crippen molar-refractivity contribution in [3.05, 3.63) is 29.8 Å². The maximum absolute atomic E-state index is 10.8. The largest absolute Gasteiger partial charge is 0.496 e. The molecule has 1 unspecified atom stereocenters. The fourth-order valence-electron chi connectivity index (χ4n) is 1.51. The third-order valence-electron chi connectivity index (χ3n) is 2.54. The van der Waals surface area contributed by atoms with Crippen LogP contribution in [0.3, 0.4) is 0 Å². The van der Waals surface area contributed by atoms with Crippen LogP contribution in [0.5, 0.6) is 5.75 Å². The second kappa shape index (κ2) is 7.72. The molecule has 0 aromatic heterocycles. The number of alkyl halides is 2. The summed E-state index contributed by atoms with van der Waals surface area (Å²) in [6.07, 6.45) is 0.839. The quantitative estimate of drug-likeness (QED) is 0.576. The first-order chi connectivity index (χ1) is 8.97. The van der Waals surface area contributed by atoms with Crippen molar-refractivity contribution in [1.82, 2.24) is 0 Å². The zero-order chi connectivity index (χ0) is 14.3.